The van der Waals surface area contributed by atoms with Crippen molar-refractivity contribution < 1.29 is 9.90 Å². The molecule has 2 aromatic heterocycles. The molecule has 5 rings (SSSR count). The van der Waals surface area contributed by atoms with Gasteiger partial charge in [0.2, 0.25) is 5.88 Å². The van der Waals surface area contributed by atoms with Crippen molar-refractivity contribution in [1.29, 1.82) is 0 Å². The monoisotopic (exact) mass is 413 g/mol. The second-order valence-corrected chi connectivity index (χ2v) is 7.83. The lowest BCUT2D eigenvalue weighted by molar-refractivity contribution is 0.0990. The van der Waals surface area contributed by atoms with Crippen LogP contribution in [0.3, 0.4) is 0 Å². The highest BCUT2D eigenvalue weighted by Gasteiger charge is 2.20. The van der Waals surface area contributed by atoms with Crippen molar-refractivity contribution in [3.05, 3.63) is 66.4 Å². The average molecular weight is 413 g/mol. The fourth-order valence-electron chi connectivity index (χ4n) is 4.15. The van der Waals surface area contributed by atoms with E-state index in [1.165, 1.54) is 19.3 Å². The van der Waals surface area contributed by atoms with Crippen molar-refractivity contribution in [2.75, 3.05) is 13.1 Å². The number of carbonyl (C=O) groups is 1. The lowest BCUT2D eigenvalue weighted by Gasteiger charge is -2.27. The highest BCUT2D eigenvalue weighted by molar-refractivity contribution is 5.97. The zero-order valence-electron chi connectivity index (χ0n) is 17.1. The van der Waals surface area contributed by atoms with Gasteiger partial charge in [0.25, 0.3) is 0 Å². The summed E-state index contributed by atoms with van der Waals surface area (Å²) in [5.41, 5.74) is 2.13. The van der Waals surface area contributed by atoms with Gasteiger partial charge in [-0.15, -0.1) is 10.2 Å². The highest BCUT2D eigenvalue weighted by atomic mass is 16.3. The SMILES string of the molecule is O=C(N=Nc1c(O)n(CN2CCCCC2)c2ccccc12)c1ccc2ccccc2n1. The van der Waals surface area contributed by atoms with Gasteiger partial charge in [0.05, 0.1) is 17.7 Å². The number of aromatic nitrogens is 2. The Morgan fingerprint density at radius 2 is 1.74 bits per heavy atom. The van der Waals surface area contributed by atoms with Crippen LogP contribution >= 0.6 is 0 Å². The Kier molecular flexibility index (Phi) is 5.18. The number of hydrogen-bond donors (Lipinski definition) is 1. The summed E-state index contributed by atoms with van der Waals surface area (Å²) in [6.45, 7) is 2.60. The van der Waals surface area contributed by atoms with Crippen LogP contribution < -0.4 is 0 Å². The van der Waals surface area contributed by atoms with Crippen molar-refractivity contribution in [2.45, 2.75) is 25.9 Å². The van der Waals surface area contributed by atoms with Crippen molar-refractivity contribution in [3.63, 3.8) is 0 Å². The number of pyridine rings is 1. The summed E-state index contributed by atoms with van der Waals surface area (Å²) in [5.74, 6) is -0.521. The minimum Gasteiger partial charge on any atom is -0.493 e. The van der Waals surface area contributed by atoms with E-state index in [2.05, 4.69) is 20.1 Å². The smallest absolute Gasteiger partial charge is 0.313 e. The second-order valence-electron chi connectivity index (χ2n) is 7.83. The van der Waals surface area contributed by atoms with Crippen LogP contribution in [0.1, 0.15) is 29.8 Å². The van der Waals surface area contributed by atoms with Gasteiger partial charge in [-0.25, -0.2) is 4.98 Å². The molecule has 0 spiro atoms. The van der Waals surface area contributed by atoms with Gasteiger partial charge in [0.1, 0.15) is 5.69 Å². The average Bonchev–Trinajstić information content (AvgIpc) is 3.08. The zero-order chi connectivity index (χ0) is 21.2. The first-order valence-corrected chi connectivity index (χ1v) is 10.5. The molecule has 31 heavy (non-hydrogen) atoms. The standard InChI is InChI=1S/C24H23N5O2/c30-23(20-13-12-17-8-2-4-10-19(17)25-20)27-26-22-18-9-3-5-11-21(18)29(24(22)31)16-28-14-6-1-7-15-28/h2-5,8-13,31H,1,6-7,14-16H2. The number of benzene rings is 2. The van der Waals surface area contributed by atoms with Crippen LogP contribution in [0, 0.1) is 0 Å². The van der Waals surface area contributed by atoms with Gasteiger partial charge in [0.15, 0.2) is 5.69 Å². The van der Waals surface area contributed by atoms with Gasteiger partial charge in [-0.05, 0) is 44.1 Å². The third-order valence-corrected chi connectivity index (χ3v) is 5.77. The summed E-state index contributed by atoms with van der Waals surface area (Å²) in [5, 5.41) is 20.7. The minimum absolute atomic E-state index is 0.0230. The third-order valence-electron chi connectivity index (χ3n) is 5.77. The van der Waals surface area contributed by atoms with Crippen LogP contribution in [0.4, 0.5) is 5.69 Å². The van der Waals surface area contributed by atoms with E-state index in [0.717, 1.165) is 34.9 Å². The molecule has 4 aromatic rings. The number of para-hydroxylation sites is 2. The molecule has 0 radical (unpaired) electrons. The summed E-state index contributed by atoms with van der Waals surface area (Å²) in [6.07, 6.45) is 3.58. The van der Waals surface area contributed by atoms with Crippen molar-refractivity contribution in [3.8, 4) is 5.88 Å². The molecule has 7 nitrogen and oxygen atoms in total. The predicted molar refractivity (Wildman–Crippen MR) is 120 cm³/mol. The molecule has 1 N–H and O–H groups in total. The summed E-state index contributed by atoms with van der Waals surface area (Å²) < 4.78 is 1.84. The lowest BCUT2D eigenvalue weighted by Crippen LogP contribution is -2.31. The van der Waals surface area contributed by atoms with Gasteiger partial charge < -0.3 is 5.11 Å². The molecular formula is C24H23N5O2. The number of nitrogens with zero attached hydrogens (tertiary/aromatic N) is 5. The second kappa shape index (κ2) is 8.28. The molecular weight excluding hydrogens is 390 g/mol. The molecule has 156 valence electrons. The quantitative estimate of drug-likeness (QED) is 0.463. The fourth-order valence-corrected chi connectivity index (χ4v) is 4.15. The molecule has 0 saturated carbocycles. The maximum Gasteiger partial charge on any atom is 0.313 e. The van der Waals surface area contributed by atoms with Gasteiger partial charge >= 0.3 is 5.91 Å². The Balaban J connectivity index is 1.47. The van der Waals surface area contributed by atoms with E-state index in [1.54, 1.807) is 6.07 Å². The molecule has 1 aliphatic rings. The number of aromatic hydroxyl groups is 1. The molecule has 3 heterocycles. The van der Waals surface area contributed by atoms with Crippen LogP contribution in [0.5, 0.6) is 5.88 Å². The van der Waals surface area contributed by atoms with Crippen LogP contribution in [0.15, 0.2) is 70.9 Å². The summed E-state index contributed by atoms with van der Waals surface area (Å²) in [4.78, 5) is 19.3. The highest BCUT2D eigenvalue weighted by Crippen LogP contribution is 2.39. The predicted octanol–water partition coefficient (Wildman–Crippen LogP) is 5.26. The minimum atomic E-state index is -0.544. The Morgan fingerprint density at radius 3 is 2.61 bits per heavy atom. The molecule has 0 unspecified atom stereocenters. The molecule has 0 aliphatic carbocycles. The largest absolute Gasteiger partial charge is 0.493 e. The van der Waals surface area contributed by atoms with E-state index in [-0.39, 0.29) is 11.6 Å². The summed E-state index contributed by atoms with van der Waals surface area (Å²) >= 11 is 0. The summed E-state index contributed by atoms with van der Waals surface area (Å²) in [6, 6.07) is 18.7. The van der Waals surface area contributed by atoms with E-state index < -0.39 is 5.91 Å². The van der Waals surface area contributed by atoms with E-state index in [4.69, 9.17) is 0 Å². The number of piperidine rings is 1. The number of likely N-dealkylation sites (tertiary alicyclic amines) is 1. The Bertz CT molecular complexity index is 1290. The van der Waals surface area contributed by atoms with Crippen LogP contribution in [0.25, 0.3) is 21.8 Å². The lowest BCUT2D eigenvalue weighted by atomic mass is 10.1. The maximum atomic E-state index is 12.6. The molecule has 2 aromatic carbocycles. The van der Waals surface area contributed by atoms with Gasteiger partial charge in [0, 0.05) is 10.8 Å². The normalized spacial score (nSPS) is 15.2. The van der Waals surface area contributed by atoms with E-state index in [0.29, 0.717) is 12.4 Å². The molecule has 0 atom stereocenters. The topological polar surface area (TPSA) is 83.1 Å². The van der Waals surface area contributed by atoms with Crippen LogP contribution in [0.2, 0.25) is 0 Å². The Labute approximate surface area is 179 Å². The van der Waals surface area contributed by atoms with Crippen molar-refractivity contribution >= 4 is 33.4 Å². The molecule has 0 bridgehead atoms. The van der Waals surface area contributed by atoms with E-state index >= 15 is 0 Å². The van der Waals surface area contributed by atoms with Crippen LogP contribution in [-0.2, 0) is 6.67 Å². The van der Waals surface area contributed by atoms with Crippen LogP contribution in [-0.4, -0.2) is 38.6 Å². The Morgan fingerprint density at radius 1 is 0.968 bits per heavy atom. The van der Waals surface area contributed by atoms with Gasteiger partial charge in [-0.2, -0.15) is 0 Å². The first kappa shape index (κ1) is 19.4. The maximum absolute atomic E-state index is 12.6. The van der Waals surface area contributed by atoms with Gasteiger partial charge in [-0.3, -0.25) is 14.3 Å². The molecule has 1 aliphatic heterocycles. The number of amides is 1. The molecule has 7 heteroatoms. The molecule has 1 saturated heterocycles. The number of rotatable bonds is 4. The first-order valence-electron chi connectivity index (χ1n) is 10.5. The van der Waals surface area contributed by atoms with Gasteiger partial charge in [-0.1, -0.05) is 48.9 Å². The Hall–Kier alpha value is -3.58. The number of hydrogen-bond acceptors (Lipinski definition) is 5. The zero-order valence-corrected chi connectivity index (χ0v) is 17.1. The molecule has 1 amide bonds. The van der Waals surface area contributed by atoms with E-state index in [1.807, 2.05) is 59.2 Å². The first-order chi connectivity index (χ1) is 15.2. The van der Waals surface area contributed by atoms with E-state index in [9.17, 15) is 9.90 Å². The van der Waals surface area contributed by atoms with Crippen molar-refractivity contribution in [2.24, 2.45) is 10.2 Å². The number of carbonyl (C=O) groups excluding carboxylic acids is 1. The fraction of sp³-hybridized carbons (Fsp3) is 0.250. The number of fused-ring (bicyclic) bond motifs is 2. The van der Waals surface area contributed by atoms with Crippen molar-refractivity contribution in [1.82, 2.24) is 14.5 Å². The number of azo groups is 1. The molecule has 1 fully saturated rings. The third kappa shape index (κ3) is 3.80. The summed E-state index contributed by atoms with van der Waals surface area (Å²) in [7, 11) is 0.